The average Bonchev–Trinajstić information content (AvgIpc) is 2.72. The van der Waals surface area contributed by atoms with E-state index in [9.17, 15) is 0 Å². The lowest BCUT2D eigenvalue weighted by molar-refractivity contribution is 0.249. The lowest BCUT2D eigenvalue weighted by Gasteiger charge is -2.43. The largest absolute Gasteiger partial charge is 0.0654 e. The summed E-state index contributed by atoms with van der Waals surface area (Å²) in [6.07, 6.45) is 15.4. The standard InChI is InChI=1S/C28H40/c1-4-5-6-7-8-9-16-25-19-21-28(22-20-25,26-17-12-10-14-23(26)2)27-18-13-11-15-24(27)3/h10-15,17-18,25H,4-9,16,19-22H2,1-3H3. The Balaban J connectivity index is 1.70. The van der Waals surface area contributed by atoms with E-state index in [1.54, 1.807) is 11.1 Å². The molecule has 0 unspecified atom stereocenters. The predicted molar refractivity (Wildman–Crippen MR) is 123 cm³/mol. The summed E-state index contributed by atoms with van der Waals surface area (Å²) in [6, 6.07) is 18.3. The van der Waals surface area contributed by atoms with Crippen LogP contribution in [0.2, 0.25) is 0 Å². The first-order valence-corrected chi connectivity index (χ1v) is 11.8. The summed E-state index contributed by atoms with van der Waals surface area (Å²) in [5, 5.41) is 0. The lowest BCUT2D eigenvalue weighted by Crippen LogP contribution is -2.34. The molecule has 0 atom stereocenters. The molecule has 1 saturated carbocycles. The van der Waals surface area contributed by atoms with E-state index in [1.807, 2.05) is 0 Å². The molecule has 0 amide bonds. The summed E-state index contributed by atoms with van der Waals surface area (Å²) in [5.74, 6) is 0.937. The van der Waals surface area contributed by atoms with Crippen LogP contribution in [0.15, 0.2) is 48.5 Å². The normalized spacial score (nSPS) is 17.0. The Morgan fingerprint density at radius 1 is 0.714 bits per heavy atom. The van der Waals surface area contributed by atoms with Crippen LogP contribution in [0.3, 0.4) is 0 Å². The molecule has 0 saturated heterocycles. The maximum atomic E-state index is 2.40. The van der Waals surface area contributed by atoms with Crippen molar-refractivity contribution in [3.63, 3.8) is 0 Å². The minimum Gasteiger partial charge on any atom is -0.0654 e. The van der Waals surface area contributed by atoms with Gasteiger partial charge in [0.15, 0.2) is 0 Å². The third-order valence-electron chi connectivity index (χ3n) is 7.25. The third-order valence-corrected chi connectivity index (χ3v) is 7.25. The van der Waals surface area contributed by atoms with E-state index in [0.29, 0.717) is 0 Å². The van der Waals surface area contributed by atoms with Crippen molar-refractivity contribution < 1.29 is 0 Å². The van der Waals surface area contributed by atoms with Crippen LogP contribution in [-0.4, -0.2) is 0 Å². The van der Waals surface area contributed by atoms with Crippen LogP contribution in [0.25, 0.3) is 0 Å². The molecule has 0 nitrogen and oxygen atoms in total. The molecular weight excluding hydrogens is 336 g/mol. The summed E-state index contributed by atoms with van der Waals surface area (Å²) in [4.78, 5) is 0. The third kappa shape index (κ3) is 4.88. The molecule has 1 fully saturated rings. The Kier molecular flexibility index (Phi) is 7.77. The molecule has 0 heteroatoms. The van der Waals surface area contributed by atoms with Gasteiger partial charge in [-0.3, -0.25) is 0 Å². The Morgan fingerprint density at radius 3 is 1.75 bits per heavy atom. The highest BCUT2D eigenvalue weighted by Gasteiger charge is 2.39. The first-order valence-electron chi connectivity index (χ1n) is 11.8. The van der Waals surface area contributed by atoms with Gasteiger partial charge >= 0.3 is 0 Å². The fourth-order valence-corrected chi connectivity index (χ4v) is 5.58. The van der Waals surface area contributed by atoms with Crippen molar-refractivity contribution in [2.24, 2.45) is 5.92 Å². The van der Waals surface area contributed by atoms with Crippen molar-refractivity contribution >= 4 is 0 Å². The van der Waals surface area contributed by atoms with Gasteiger partial charge in [0, 0.05) is 5.41 Å². The van der Waals surface area contributed by atoms with Crippen LogP contribution in [0.1, 0.15) is 99.8 Å². The average molecular weight is 377 g/mol. The molecule has 3 rings (SSSR count). The van der Waals surface area contributed by atoms with Gasteiger partial charge in [0.1, 0.15) is 0 Å². The van der Waals surface area contributed by atoms with Gasteiger partial charge in [0.2, 0.25) is 0 Å². The quantitative estimate of drug-likeness (QED) is 0.385. The molecular formula is C28H40. The molecule has 0 radical (unpaired) electrons. The molecule has 0 aromatic heterocycles. The highest BCUT2D eigenvalue weighted by atomic mass is 14.4. The van der Waals surface area contributed by atoms with Crippen molar-refractivity contribution in [3.05, 3.63) is 70.8 Å². The first-order chi connectivity index (χ1) is 13.7. The molecule has 0 bridgehead atoms. The zero-order valence-electron chi connectivity index (χ0n) is 18.5. The molecule has 1 aliphatic rings. The first kappa shape index (κ1) is 21.2. The van der Waals surface area contributed by atoms with Crippen LogP contribution in [-0.2, 0) is 5.41 Å². The number of unbranched alkanes of at least 4 members (excludes halogenated alkanes) is 5. The number of hydrogen-bond donors (Lipinski definition) is 0. The molecule has 0 aliphatic heterocycles. The van der Waals surface area contributed by atoms with Gasteiger partial charge in [-0.2, -0.15) is 0 Å². The lowest BCUT2D eigenvalue weighted by atomic mass is 9.61. The molecule has 28 heavy (non-hydrogen) atoms. The Labute approximate surface area is 173 Å². The Bertz CT molecular complexity index is 671. The fourth-order valence-electron chi connectivity index (χ4n) is 5.58. The summed E-state index contributed by atoms with van der Waals surface area (Å²) in [5.41, 5.74) is 6.28. The smallest absolute Gasteiger partial charge is 0.0208 e. The Morgan fingerprint density at radius 2 is 1.21 bits per heavy atom. The highest BCUT2D eigenvalue weighted by molar-refractivity contribution is 5.46. The second-order valence-corrected chi connectivity index (χ2v) is 9.21. The van der Waals surface area contributed by atoms with E-state index in [4.69, 9.17) is 0 Å². The predicted octanol–water partition coefficient (Wildman–Crippen LogP) is 8.53. The van der Waals surface area contributed by atoms with Crippen LogP contribution in [0, 0.1) is 19.8 Å². The summed E-state index contributed by atoms with van der Waals surface area (Å²) in [6.45, 7) is 6.91. The van der Waals surface area contributed by atoms with Crippen LogP contribution in [0.4, 0.5) is 0 Å². The van der Waals surface area contributed by atoms with Crippen LogP contribution < -0.4 is 0 Å². The van der Waals surface area contributed by atoms with E-state index < -0.39 is 0 Å². The highest BCUT2D eigenvalue weighted by Crippen LogP contribution is 2.49. The summed E-state index contributed by atoms with van der Waals surface area (Å²) >= 11 is 0. The van der Waals surface area contributed by atoms with Gasteiger partial charge in [-0.05, 0) is 67.7 Å². The van der Waals surface area contributed by atoms with E-state index in [0.717, 1.165) is 5.92 Å². The van der Waals surface area contributed by atoms with E-state index in [2.05, 4.69) is 69.3 Å². The second kappa shape index (κ2) is 10.3. The molecule has 0 N–H and O–H groups in total. The molecule has 152 valence electrons. The minimum absolute atomic E-state index is 0.217. The number of benzene rings is 2. The van der Waals surface area contributed by atoms with E-state index in [1.165, 1.54) is 81.8 Å². The number of hydrogen-bond acceptors (Lipinski definition) is 0. The van der Waals surface area contributed by atoms with Gasteiger partial charge in [0.25, 0.3) is 0 Å². The second-order valence-electron chi connectivity index (χ2n) is 9.21. The van der Waals surface area contributed by atoms with Gasteiger partial charge < -0.3 is 0 Å². The SMILES string of the molecule is CCCCCCCCC1CCC(c2ccccc2C)(c2ccccc2C)CC1. The zero-order valence-corrected chi connectivity index (χ0v) is 18.5. The van der Waals surface area contributed by atoms with Crippen molar-refractivity contribution in [1.82, 2.24) is 0 Å². The maximum Gasteiger partial charge on any atom is 0.0208 e. The molecule has 2 aromatic rings. The number of aryl methyl sites for hydroxylation is 2. The van der Waals surface area contributed by atoms with Crippen LogP contribution >= 0.6 is 0 Å². The summed E-state index contributed by atoms with van der Waals surface area (Å²) < 4.78 is 0. The maximum absolute atomic E-state index is 2.40. The van der Waals surface area contributed by atoms with Crippen LogP contribution in [0.5, 0.6) is 0 Å². The summed E-state index contributed by atoms with van der Waals surface area (Å²) in [7, 11) is 0. The van der Waals surface area contributed by atoms with E-state index >= 15 is 0 Å². The molecule has 2 aromatic carbocycles. The molecule has 0 heterocycles. The fraction of sp³-hybridized carbons (Fsp3) is 0.571. The van der Waals surface area contributed by atoms with Crippen molar-refractivity contribution in [2.45, 2.75) is 96.8 Å². The van der Waals surface area contributed by atoms with Gasteiger partial charge in [-0.1, -0.05) is 100 Å². The molecule has 1 aliphatic carbocycles. The Hall–Kier alpha value is -1.56. The van der Waals surface area contributed by atoms with E-state index in [-0.39, 0.29) is 5.41 Å². The van der Waals surface area contributed by atoms with Crippen molar-refractivity contribution in [3.8, 4) is 0 Å². The zero-order chi connectivity index (χ0) is 19.8. The topological polar surface area (TPSA) is 0 Å². The van der Waals surface area contributed by atoms with Crippen molar-refractivity contribution in [1.29, 1.82) is 0 Å². The van der Waals surface area contributed by atoms with Gasteiger partial charge in [-0.25, -0.2) is 0 Å². The van der Waals surface area contributed by atoms with Crippen molar-refractivity contribution in [2.75, 3.05) is 0 Å². The monoisotopic (exact) mass is 376 g/mol. The number of rotatable bonds is 9. The molecule has 0 spiro atoms. The van der Waals surface area contributed by atoms with Gasteiger partial charge in [-0.15, -0.1) is 0 Å². The van der Waals surface area contributed by atoms with Gasteiger partial charge in [0.05, 0.1) is 0 Å². The minimum atomic E-state index is 0.217.